The summed E-state index contributed by atoms with van der Waals surface area (Å²) in [4.78, 5) is 53.4. The highest BCUT2D eigenvalue weighted by molar-refractivity contribution is 6.20. The van der Waals surface area contributed by atoms with Crippen molar-refractivity contribution in [2.75, 3.05) is 31.3 Å². The Morgan fingerprint density at radius 2 is 1.80 bits per heavy atom. The average Bonchev–Trinajstić information content (AvgIpc) is 3.30. The van der Waals surface area contributed by atoms with Crippen LogP contribution < -0.4 is 25.0 Å². The van der Waals surface area contributed by atoms with Crippen molar-refractivity contribution in [2.24, 2.45) is 5.41 Å². The number of carbonyl (C=O) groups is 3. The lowest BCUT2D eigenvalue weighted by Crippen LogP contribution is -2.74. The molecule has 4 amide bonds. The van der Waals surface area contributed by atoms with Gasteiger partial charge in [0.05, 0.1) is 11.0 Å². The molecule has 2 N–H and O–H groups in total. The monoisotopic (exact) mass is 479 g/mol. The Hall–Kier alpha value is -4.19. The van der Waals surface area contributed by atoms with Gasteiger partial charge in [-0.15, -0.1) is 0 Å². The first kappa shape index (κ1) is 21.4. The van der Waals surface area contributed by atoms with Gasteiger partial charge in [0, 0.05) is 50.4 Å². The zero-order valence-corrected chi connectivity index (χ0v) is 18.5. The molecule has 35 heavy (non-hydrogen) atoms. The first-order valence-electron chi connectivity index (χ1n) is 11.2. The standard InChI is InChI=1S/C23H21N5O7/c29-20-23(21(30)25-22(31)24-20)9-14-8-15(28(32)33)2-3-16(14)27-6-5-26(11-19(23)27)10-13-1-4-17-18(7-13)35-12-34-17/h1-4,7-8,19H,5-6,9-12H2,(H2,24,25,29,30,31)/t19-/m1/s1. The van der Waals surface area contributed by atoms with Gasteiger partial charge < -0.3 is 14.4 Å². The van der Waals surface area contributed by atoms with Gasteiger partial charge in [-0.3, -0.25) is 35.2 Å². The number of fused-ring (bicyclic) bond motifs is 5. The molecule has 4 aliphatic heterocycles. The maximum absolute atomic E-state index is 13.3. The Balaban J connectivity index is 1.36. The van der Waals surface area contributed by atoms with Crippen LogP contribution in [0, 0.1) is 15.5 Å². The van der Waals surface area contributed by atoms with Gasteiger partial charge in [-0.2, -0.15) is 0 Å². The third-order valence-electron chi connectivity index (χ3n) is 7.19. The second-order valence-corrected chi connectivity index (χ2v) is 9.09. The topological polar surface area (TPSA) is 143 Å². The minimum atomic E-state index is -1.61. The summed E-state index contributed by atoms with van der Waals surface area (Å²) in [6, 6.07) is 8.78. The van der Waals surface area contributed by atoms with E-state index in [1.807, 2.05) is 23.1 Å². The summed E-state index contributed by atoms with van der Waals surface area (Å²) >= 11 is 0. The molecule has 0 bridgehead atoms. The van der Waals surface area contributed by atoms with E-state index in [0.29, 0.717) is 43.2 Å². The van der Waals surface area contributed by atoms with Crippen LogP contribution in [0.1, 0.15) is 11.1 Å². The van der Waals surface area contributed by atoms with E-state index in [4.69, 9.17) is 9.47 Å². The van der Waals surface area contributed by atoms with Crippen LogP contribution in [-0.2, 0) is 22.6 Å². The Labute approximate surface area is 198 Å². The molecule has 1 atom stereocenters. The zero-order chi connectivity index (χ0) is 24.3. The highest BCUT2D eigenvalue weighted by Crippen LogP contribution is 2.45. The Morgan fingerprint density at radius 1 is 1.03 bits per heavy atom. The molecule has 0 aromatic heterocycles. The van der Waals surface area contributed by atoms with E-state index in [-0.39, 0.29) is 18.9 Å². The van der Waals surface area contributed by atoms with Gasteiger partial charge in [0.15, 0.2) is 16.9 Å². The molecule has 4 aliphatic rings. The maximum atomic E-state index is 13.3. The van der Waals surface area contributed by atoms with Crippen molar-refractivity contribution in [3.63, 3.8) is 0 Å². The Bertz CT molecular complexity index is 1280. The molecule has 2 fully saturated rings. The molecule has 2 aromatic carbocycles. The second-order valence-electron chi connectivity index (χ2n) is 9.09. The molecule has 6 rings (SSSR count). The number of ether oxygens (including phenoxy) is 2. The summed E-state index contributed by atoms with van der Waals surface area (Å²) in [6.07, 6.45) is -0.0476. The number of rotatable bonds is 3. The van der Waals surface area contributed by atoms with E-state index in [2.05, 4.69) is 15.5 Å². The number of urea groups is 1. The van der Waals surface area contributed by atoms with Gasteiger partial charge in [0.2, 0.25) is 18.6 Å². The normalized spacial score (nSPS) is 22.3. The summed E-state index contributed by atoms with van der Waals surface area (Å²) in [5.74, 6) is -0.0160. The maximum Gasteiger partial charge on any atom is 0.328 e. The van der Waals surface area contributed by atoms with Crippen molar-refractivity contribution >= 4 is 29.2 Å². The largest absolute Gasteiger partial charge is 0.454 e. The lowest BCUT2D eigenvalue weighted by molar-refractivity contribution is -0.384. The molecule has 12 nitrogen and oxygen atoms in total. The fraction of sp³-hybridized carbons (Fsp3) is 0.348. The van der Waals surface area contributed by atoms with Crippen LogP contribution in [0.2, 0.25) is 0 Å². The van der Waals surface area contributed by atoms with Crippen LogP contribution in [0.5, 0.6) is 11.5 Å². The van der Waals surface area contributed by atoms with Crippen LogP contribution in [0.3, 0.4) is 0 Å². The van der Waals surface area contributed by atoms with Crippen LogP contribution >= 0.6 is 0 Å². The number of non-ortho nitro benzene ring substituents is 1. The second kappa shape index (κ2) is 7.67. The average molecular weight is 479 g/mol. The highest BCUT2D eigenvalue weighted by Gasteiger charge is 2.60. The molecule has 2 aromatic rings. The van der Waals surface area contributed by atoms with Gasteiger partial charge in [-0.1, -0.05) is 6.07 Å². The Morgan fingerprint density at radius 3 is 2.57 bits per heavy atom. The number of nitro benzene ring substituents is 1. The van der Waals surface area contributed by atoms with Gasteiger partial charge in [-0.05, 0) is 29.3 Å². The summed E-state index contributed by atoms with van der Waals surface area (Å²) in [7, 11) is 0. The number of anilines is 1. The summed E-state index contributed by atoms with van der Waals surface area (Å²) in [5.41, 5.74) is 0.553. The van der Waals surface area contributed by atoms with Gasteiger partial charge in [0.1, 0.15) is 0 Å². The van der Waals surface area contributed by atoms with Crippen molar-refractivity contribution < 1.29 is 28.8 Å². The van der Waals surface area contributed by atoms with Gasteiger partial charge in [-0.25, -0.2) is 4.79 Å². The Kier molecular flexibility index (Phi) is 4.68. The van der Waals surface area contributed by atoms with Crippen molar-refractivity contribution in [3.8, 4) is 11.5 Å². The number of hydrogen-bond acceptors (Lipinski definition) is 9. The van der Waals surface area contributed by atoms with Crippen molar-refractivity contribution in [2.45, 2.75) is 19.0 Å². The number of amides is 4. The number of barbiturate groups is 1. The molecule has 0 unspecified atom stereocenters. The van der Waals surface area contributed by atoms with Crippen LogP contribution in [0.4, 0.5) is 16.2 Å². The first-order chi connectivity index (χ1) is 16.8. The SMILES string of the molecule is O=C1NC(=O)C2(Cc3cc([N+](=O)[O-])ccc3N3CCN(Cc4ccc5c(c4)OCO5)C[C@@H]32)C(=O)N1. The quantitative estimate of drug-likeness (QED) is 0.373. The predicted molar refractivity (Wildman–Crippen MR) is 120 cm³/mol. The highest BCUT2D eigenvalue weighted by atomic mass is 16.7. The van der Waals surface area contributed by atoms with Crippen LogP contribution in [0.15, 0.2) is 36.4 Å². The lowest BCUT2D eigenvalue weighted by Gasteiger charge is -2.54. The van der Waals surface area contributed by atoms with Crippen molar-refractivity contribution in [1.82, 2.24) is 15.5 Å². The van der Waals surface area contributed by atoms with Crippen molar-refractivity contribution in [3.05, 3.63) is 57.6 Å². The van der Waals surface area contributed by atoms with E-state index >= 15 is 0 Å². The van der Waals surface area contributed by atoms with E-state index in [0.717, 1.165) is 11.3 Å². The molecule has 0 radical (unpaired) electrons. The number of nitro groups is 1. The van der Waals surface area contributed by atoms with E-state index in [1.54, 1.807) is 6.07 Å². The summed E-state index contributed by atoms with van der Waals surface area (Å²) in [5, 5.41) is 15.9. The molecular formula is C23H21N5O7. The summed E-state index contributed by atoms with van der Waals surface area (Å²) in [6.45, 7) is 2.25. The fourth-order valence-electron chi connectivity index (χ4n) is 5.54. The molecule has 1 spiro atoms. The number of imide groups is 2. The zero-order valence-electron chi connectivity index (χ0n) is 18.5. The number of hydrogen-bond donors (Lipinski definition) is 2. The van der Waals surface area contributed by atoms with Crippen molar-refractivity contribution in [1.29, 1.82) is 0 Å². The molecule has 0 aliphatic carbocycles. The number of piperazine rings is 1. The lowest BCUT2D eigenvalue weighted by atomic mass is 9.68. The van der Waals surface area contributed by atoms with Crippen LogP contribution in [0.25, 0.3) is 0 Å². The molecular weight excluding hydrogens is 458 g/mol. The molecule has 0 saturated carbocycles. The van der Waals surface area contributed by atoms with E-state index < -0.39 is 34.2 Å². The van der Waals surface area contributed by atoms with Crippen LogP contribution in [-0.4, -0.2) is 60.1 Å². The third kappa shape index (κ3) is 3.28. The number of carbonyl (C=O) groups excluding carboxylic acids is 3. The molecule has 12 heteroatoms. The minimum Gasteiger partial charge on any atom is -0.454 e. The summed E-state index contributed by atoms with van der Waals surface area (Å²) < 4.78 is 10.9. The third-order valence-corrected chi connectivity index (χ3v) is 7.19. The number of benzene rings is 2. The van der Waals surface area contributed by atoms with Gasteiger partial charge in [0.25, 0.3) is 5.69 Å². The fourth-order valence-corrected chi connectivity index (χ4v) is 5.54. The molecule has 4 heterocycles. The number of nitrogens with zero attached hydrogens (tertiary/aromatic N) is 3. The smallest absolute Gasteiger partial charge is 0.328 e. The first-order valence-corrected chi connectivity index (χ1v) is 11.2. The number of nitrogens with one attached hydrogen (secondary N) is 2. The van der Waals surface area contributed by atoms with E-state index in [1.165, 1.54) is 12.1 Å². The predicted octanol–water partition coefficient (Wildman–Crippen LogP) is 0.923. The molecule has 2 saturated heterocycles. The minimum absolute atomic E-state index is 0.0476. The molecule has 180 valence electrons. The van der Waals surface area contributed by atoms with E-state index in [9.17, 15) is 24.5 Å². The van der Waals surface area contributed by atoms with Gasteiger partial charge >= 0.3 is 6.03 Å².